The molecule has 0 amide bonds. The van der Waals surface area contributed by atoms with E-state index in [4.69, 9.17) is 19.7 Å². The summed E-state index contributed by atoms with van der Waals surface area (Å²) in [5.74, 6) is 0. The Kier molecular flexibility index (Phi) is 13.7. The minimum Gasteiger partial charge on any atom is -0.395 e. The second-order valence-corrected chi connectivity index (χ2v) is 3.87. The van der Waals surface area contributed by atoms with Gasteiger partial charge in [-0.2, -0.15) is 0 Å². The molecule has 2 N–H and O–H groups in total. The highest BCUT2D eigenvalue weighted by molar-refractivity contribution is 4.55. The molecule has 0 aliphatic carbocycles. The average Bonchev–Trinajstić information content (AvgIpc) is 2.33. The summed E-state index contributed by atoms with van der Waals surface area (Å²) in [6.45, 7) is 6.91. The van der Waals surface area contributed by atoms with Crippen LogP contribution in [0.1, 0.15) is 19.8 Å². The van der Waals surface area contributed by atoms with Gasteiger partial charge in [0.25, 0.3) is 0 Å². The molecule has 0 unspecified atom stereocenters. The van der Waals surface area contributed by atoms with Crippen molar-refractivity contribution < 1.29 is 19.7 Å². The maximum absolute atomic E-state index is 8.80. The van der Waals surface area contributed by atoms with E-state index in [-0.39, 0.29) is 13.2 Å². The van der Waals surface area contributed by atoms with E-state index in [2.05, 4.69) is 6.92 Å². The van der Waals surface area contributed by atoms with Crippen LogP contribution in [0.2, 0.25) is 0 Å². The van der Waals surface area contributed by atoms with Gasteiger partial charge in [0.05, 0.1) is 33.0 Å². The lowest BCUT2D eigenvalue weighted by atomic mass is 10.4. The highest BCUT2D eigenvalue weighted by atomic mass is 16.5. The van der Waals surface area contributed by atoms with Crippen LogP contribution in [0.3, 0.4) is 0 Å². The SMILES string of the molecule is CCCCOCCOCCN(CCO)CCO. The van der Waals surface area contributed by atoms with E-state index >= 15 is 0 Å². The number of ether oxygens (including phenoxy) is 2. The molecule has 104 valence electrons. The Bertz CT molecular complexity index is 140. The number of unbranched alkanes of at least 4 members (excludes halogenated alkanes) is 1. The highest BCUT2D eigenvalue weighted by Gasteiger charge is 2.02. The van der Waals surface area contributed by atoms with Crippen LogP contribution in [0.5, 0.6) is 0 Å². The maximum Gasteiger partial charge on any atom is 0.0701 e. The second-order valence-electron chi connectivity index (χ2n) is 3.87. The van der Waals surface area contributed by atoms with Gasteiger partial charge in [0.2, 0.25) is 0 Å². The summed E-state index contributed by atoms with van der Waals surface area (Å²) in [5.41, 5.74) is 0. The third-order valence-corrected chi connectivity index (χ3v) is 2.40. The standard InChI is InChI=1S/C12H27NO4/c1-2-3-9-16-11-12-17-10-6-13(4-7-14)5-8-15/h14-15H,2-12H2,1H3. The van der Waals surface area contributed by atoms with Crippen molar-refractivity contribution in [2.24, 2.45) is 0 Å². The van der Waals surface area contributed by atoms with Gasteiger partial charge < -0.3 is 19.7 Å². The summed E-state index contributed by atoms with van der Waals surface area (Å²) in [7, 11) is 0. The fourth-order valence-corrected chi connectivity index (χ4v) is 1.38. The van der Waals surface area contributed by atoms with Crippen LogP contribution in [0, 0.1) is 0 Å². The number of aliphatic hydroxyl groups is 2. The average molecular weight is 249 g/mol. The highest BCUT2D eigenvalue weighted by Crippen LogP contribution is 1.90. The number of nitrogens with zero attached hydrogens (tertiary/aromatic N) is 1. The van der Waals surface area contributed by atoms with E-state index in [1.165, 1.54) is 0 Å². The van der Waals surface area contributed by atoms with Crippen LogP contribution in [0.4, 0.5) is 0 Å². The molecular weight excluding hydrogens is 222 g/mol. The van der Waals surface area contributed by atoms with Gasteiger partial charge in [-0.15, -0.1) is 0 Å². The summed E-state index contributed by atoms with van der Waals surface area (Å²) in [6, 6.07) is 0. The fraction of sp³-hybridized carbons (Fsp3) is 1.00. The van der Waals surface area contributed by atoms with Crippen molar-refractivity contribution in [3.63, 3.8) is 0 Å². The zero-order valence-electron chi connectivity index (χ0n) is 10.9. The zero-order chi connectivity index (χ0) is 12.8. The van der Waals surface area contributed by atoms with Crippen molar-refractivity contribution in [2.75, 3.05) is 59.3 Å². The van der Waals surface area contributed by atoms with Crippen molar-refractivity contribution in [1.82, 2.24) is 4.90 Å². The summed E-state index contributed by atoms with van der Waals surface area (Å²) >= 11 is 0. The first-order chi connectivity index (χ1) is 8.35. The molecule has 5 heteroatoms. The van der Waals surface area contributed by atoms with Crippen molar-refractivity contribution in [3.05, 3.63) is 0 Å². The van der Waals surface area contributed by atoms with Crippen LogP contribution in [-0.4, -0.2) is 74.4 Å². The number of aliphatic hydroxyl groups excluding tert-OH is 2. The Hall–Kier alpha value is -0.200. The molecule has 0 saturated carbocycles. The molecule has 0 fully saturated rings. The first-order valence-corrected chi connectivity index (χ1v) is 6.44. The first-order valence-electron chi connectivity index (χ1n) is 6.44. The third kappa shape index (κ3) is 12.1. The van der Waals surface area contributed by atoms with Crippen LogP contribution in [-0.2, 0) is 9.47 Å². The Morgan fingerprint density at radius 1 is 0.824 bits per heavy atom. The van der Waals surface area contributed by atoms with Gasteiger partial charge >= 0.3 is 0 Å². The van der Waals surface area contributed by atoms with Gasteiger partial charge in [-0.1, -0.05) is 13.3 Å². The number of hydrogen-bond acceptors (Lipinski definition) is 5. The fourth-order valence-electron chi connectivity index (χ4n) is 1.38. The molecule has 0 rings (SSSR count). The van der Waals surface area contributed by atoms with E-state index in [9.17, 15) is 0 Å². The van der Waals surface area contributed by atoms with Crippen molar-refractivity contribution >= 4 is 0 Å². The maximum atomic E-state index is 8.80. The van der Waals surface area contributed by atoms with E-state index in [0.717, 1.165) is 26.0 Å². The smallest absolute Gasteiger partial charge is 0.0701 e. The topological polar surface area (TPSA) is 62.2 Å². The molecule has 0 spiro atoms. The van der Waals surface area contributed by atoms with Gasteiger partial charge in [0, 0.05) is 26.2 Å². The number of rotatable bonds is 13. The summed E-state index contributed by atoms with van der Waals surface area (Å²) < 4.78 is 10.8. The Morgan fingerprint density at radius 2 is 1.41 bits per heavy atom. The largest absolute Gasteiger partial charge is 0.395 e. The van der Waals surface area contributed by atoms with Crippen LogP contribution in [0.25, 0.3) is 0 Å². The Morgan fingerprint density at radius 3 is 1.94 bits per heavy atom. The molecule has 17 heavy (non-hydrogen) atoms. The molecule has 0 aromatic rings. The van der Waals surface area contributed by atoms with Gasteiger partial charge in [0.1, 0.15) is 0 Å². The summed E-state index contributed by atoms with van der Waals surface area (Å²) in [4.78, 5) is 1.97. The van der Waals surface area contributed by atoms with Crippen molar-refractivity contribution in [3.8, 4) is 0 Å². The quantitative estimate of drug-likeness (QED) is 0.454. The molecule has 5 nitrogen and oxygen atoms in total. The molecule has 0 atom stereocenters. The second kappa shape index (κ2) is 13.9. The van der Waals surface area contributed by atoms with Crippen molar-refractivity contribution in [2.45, 2.75) is 19.8 Å². The summed E-state index contributed by atoms with van der Waals surface area (Å²) in [6.07, 6.45) is 2.25. The van der Waals surface area contributed by atoms with Crippen LogP contribution in [0.15, 0.2) is 0 Å². The van der Waals surface area contributed by atoms with Crippen LogP contribution >= 0.6 is 0 Å². The molecule has 0 radical (unpaired) electrons. The zero-order valence-corrected chi connectivity index (χ0v) is 10.9. The predicted octanol–water partition coefficient (Wildman–Crippen LogP) is 0.106. The molecular formula is C12H27NO4. The first kappa shape index (κ1) is 16.8. The lowest BCUT2D eigenvalue weighted by molar-refractivity contribution is 0.0341. The Balaban J connectivity index is 3.23. The van der Waals surface area contributed by atoms with Gasteiger partial charge in [0.15, 0.2) is 0 Å². The molecule has 0 saturated heterocycles. The minimum absolute atomic E-state index is 0.111. The van der Waals surface area contributed by atoms with E-state index < -0.39 is 0 Å². The Labute approximate surface area is 104 Å². The van der Waals surface area contributed by atoms with Crippen molar-refractivity contribution in [1.29, 1.82) is 0 Å². The lowest BCUT2D eigenvalue weighted by Crippen LogP contribution is -2.33. The molecule has 0 bridgehead atoms. The monoisotopic (exact) mass is 249 g/mol. The third-order valence-electron chi connectivity index (χ3n) is 2.40. The molecule has 0 aromatic carbocycles. The number of hydrogen-bond donors (Lipinski definition) is 2. The molecule has 0 aliphatic rings. The molecule has 0 aliphatic heterocycles. The van der Waals surface area contributed by atoms with Gasteiger partial charge in [-0.3, -0.25) is 4.90 Å². The molecule has 0 aromatic heterocycles. The van der Waals surface area contributed by atoms with Crippen LogP contribution < -0.4 is 0 Å². The molecule has 0 heterocycles. The van der Waals surface area contributed by atoms with Gasteiger partial charge in [-0.25, -0.2) is 0 Å². The van der Waals surface area contributed by atoms with E-state index in [1.807, 2.05) is 4.90 Å². The van der Waals surface area contributed by atoms with E-state index in [1.54, 1.807) is 0 Å². The summed E-state index contributed by atoms with van der Waals surface area (Å²) in [5, 5.41) is 17.6. The lowest BCUT2D eigenvalue weighted by Gasteiger charge is -2.19. The normalized spacial score (nSPS) is 11.3. The minimum atomic E-state index is 0.111. The van der Waals surface area contributed by atoms with E-state index in [0.29, 0.717) is 32.9 Å². The van der Waals surface area contributed by atoms with Gasteiger partial charge in [-0.05, 0) is 6.42 Å². The predicted molar refractivity (Wildman–Crippen MR) is 67.2 cm³/mol.